The molecule has 1 N–H and O–H groups in total. The molecule has 0 atom stereocenters. The van der Waals surface area contributed by atoms with Crippen LogP contribution in [-0.4, -0.2) is 24.2 Å². The topological polar surface area (TPSA) is 55.4 Å². The summed E-state index contributed by atoms with van der Waals surface area (Å²) in [6.45, 7) is 4.07. The third-order valence-corrected chi connectivity index (χ3v) is 4.79. The minimum atomic E-state index is -0.473. The van der Waals surface area contributed by atoms with E-state index in [2.05, 4.69) is 24.4 Å². The molecule has 0 fully saturated rings. The number of rotatable bonds is 7. The number of ether oxygens (including phenoxy) is 1. The van der Waals surface area contributed by atoms with E-state index >= 15 is 0 Å². The van der Waals surface area contributed by atoms with Crippen LogP contribution < -0.4 is 5.32 Å². The number of nitrogens with one attached hydrogen (secondary N) is 1. The second kappa shape index (κ2) is 9.49. The molecule has 0 spiro atoms. The average Bonchev–Trinajstić information content (AvgIpc) is 2.57. The Balaban J connectivity index is 1.87. The van der Waals surface area contributed by atoms with Crippen molar-refractivity contribution in [2.24, 2.45) is 0 Å². The molecule has 0 heterocycles. The Labute approximate surface area is 156 Å². The molecule has 0 aliphatic rings. The first-order valence-electron chi connectivity index (χ1n) is 7.90. The van der Waals surface area contributed by atoms with Crippen molar-refractivity contribution in [2.75, 3.05) is 17.7 Å². The highest BCUT2D eigenvalue weighted by molar-refractivity contribution is 7.99. The molecule has 2 rings (SSSR count). The summed E-state index contributed by atoms with van der Waals surface area (Å²) in [6.07, 6.45) is 0. The molecule has 0 unspecified atom stereocenters. The Bertz CT molecular complexity index is 764. The molecule has 0 radical (unpaired) electrons. The molecule has 0 aromatic heterocycles. The second-order valence-electron chi connectivity index (χ2n) is 5.38. The molecule has 0 bridgehead atoms. The van der Waals surface area contributed by atoms with Crippen LogP contribution in [0.3, 0.4) is 0 Å². The molecule has 0 aliphatic heterocycles. The molecule has 2 aromatic carbocycles. The van der Waals surface area contributed by atoms with Crippen molar-refractivity contribution in [3.05, 3.63) is 64.2 Å². The maximum absolute atomic E-state index is 12.1. The van der Waals surface area contributed by atoms with E-state index in [0.29, 0.717) is 11.4 Å². The zero-order valence-electron chi connectivity index (χ0n) is 14.2. The van der Waals surface area contributed by atoms with Crippen LogP contribution in [0.5, 0.6) is 0 Å². The number of anilines is 1. The van der Waals surface area contributed by atoms with Crippen molar-refractivity contribution < 1.29 is 14.3 Å². The van der Waals surface area contributed by atoms with Crippen LogP contribution in [0.4, 0.5) is 5.69 Å². The van der Waals surface area contributed by atoms with Gasteiger partial charge in [0.05, 0.1) is 22.9 Å². The summed E-state index contributed by atoms with van der Waals surface area (Å²) < 4.78 is 4.92. The van der Waals surface area contributed by atoms with Gasteiger partial charge in [-0.1, -0.05) is 35.9 Å². The third kappa shape index (κ3) is 5.80. The summed E-state index contributed by atoms with van der Waals surface area (Å²) in [4.78, 5) is 23.8. The number of amides is 1. The lowest BCUT2D eigenvalue weighted by Gasteiger charge is -2.09. The number of aryl methyl sites for hydroxylation is 1. The van der Waals surface area contributed by atoms with Gasteiger partial charge >= 0.3 is 5.97 Å². The quantitative estimate of drug-likeness (QED) is 0.711. The minimum absolute atomic E-state index is 0.112. The van der Waals surface area contributed by atoms with Crippen LogP contribution in [0.1, 0.15) is 28.4 Å². The van der Waals surface area contributed by atoms with E-state index in [9.17, 15) is 9.59 Å². The molecule has 0 saturated heterocycles. The maximum Gasteiger partial charge on any atom is 0.339 e. The summed E-state index contributed by atoms with van der Waals surface area (Å²) in [5.74, 6) is 0.534. The summed E-state index contributed by atoms with van der Waals surface area (Å²) in [6, 6.07) is 12.9. The van der Waals surface area contributed by atoms with Gasteiger partial charge in [-0.3, -0.25) is 4.79 Å². The van der Waals surface area contributed by atoms with E-state index in [1.54, 1.807) is 36.9 Å². The average molecular weight is 378 g/mol. The fourth-order valence-corrected chi connectivity index (χ4v) is 3.35. The number of hydrogen-bond acceptors (Lipinski definition) is 4. The number of carbonyl (C=O) groups is 2. The molecule has 2 aromatic rings. The number of hydrogen-bond donors (Lipinski definition) is 1. The van der Waals surface area contributed by atoms with Gasteiger partial charge in [0, 0.05) is 11.4 Å². The Hall–Kier alpha value is -1.98. The predicted octanol–water partition coefficient (Wildman–Crippen LogP) is 4.70. The lowest BCUT2D eigenvalue weighted by Crippen LogP contribution is -2.14. The summed E-state index contributed by atoms with van der Waals surface area (Å²) in [5, 5.41) is 3.04. The maximum atomic E-state index is 12.1. The van der Waals surface area contributed by atoms with Gasteiger partial charge in [0.2, 0.25) is 5.91 Å². The van der Waals surface area contributed by atoms with E-state index in [0.717, 1.165) is 5.75 Å². The standard InChI is InChI=1S/C19H20ClNO3S/c1-3-24-19(23)16-9-8-15(10-17(16)20)21-18(22)12-25-11-14-7-5-4-6-13(14)2/h4-10H,3,11-12H2,1-2H3,(H,21,22). The monoisotopic (exact) mass is 377 g/mol. The zero-order chi connectivity index (χ0) is 18.2. The van der Waals surface area contributed by atoms with Crippen molar-refractivity contribution in [2.45, 2.75) is 19.6 Å². The Kier molecular flexibility index (Phi) is 7.34. The van der Waals surface area contributed by atoms with Gasteiger partial charge in [-0.25, -0.2) is 4.79 Å². The van der Waals surface area contributed by atoms with Crippen LogP contribution in [0.15, 0.2) is 42.5 Å². The highest BCUT2D eigenvalue weighted by Crippen LogP contribution is 2.22. The van der Waals surface area contributed by atoms with Gasteiger partial charge in [0.25, 0.3) is 0 Å². The van der Waals surface area contributed by atoms with Crippen molar-refractivity contribution in [1.29, 1.82) is 0 Å². The van der Waals surface area contributed by atoms with E-state index in [-0.39, 0.29) is 23.1 Å². The van der Waals surface area contributed by atoms with Crippen molar-refractivity contribution >= 4 is 40.9 Å². The highest BCUT2D eigenvalue weighted by atomic mass is 35.5. The lowest BCUT2D eigenvalue weighted by molar-refractivity contribution is -0.113. The first-order chi connectivity index (χ1) is 12.0. The molecule has 25 heavy (non-hydrogen) atoms. The lowest BCUT2D eigenvalue weighted by atomic mass is 10.1. The fraction of sp³-hybridized carbons (Fsp3) is 0.263. The predicted molar refractivity (Wildman–Crippen MR) is 103 cm³/mol. The first-order valence-corrected chi connectivity index (χ1v) is 9.43. The van der Waals surface area contributed by atoms with Crippen LogP contribution in [0, 0.1) is 6.92 Å². The molecular formula is C19H20ClNO3S. The summed E-state index contributed by atoms with van der Waals surface area (Å²) >= 11 is 7.64. The van der Waals surface area contributed by atoms with Crippen molar-refractivity contribution in [3.63, 3.8) is 0 Å². The number of benzene rings is 2. The van der Waals surface area contributed by atoms with Crippen LogP contribution in [0.2, 0.25) is 5.02 Å². The van der Waals surface area contributed by atoms with Gasteiger partial charge in [-0.15, -0.1) is 11.8 Å². The van der Waals surface area contributed by atoms with E-state index in [4.69, 9.17) is 16.3 Å². The van der Waals surface area contributed by atoms with E-state index in [1.807, 2.05) is 12.1 Å². The molecule has 0 aliphatic carbocycles. The number of carbonyl (C=O) groups excluding carboxylic acids is 2. The molecule has 6 heteroatoms. The number of esters is 1. The number of halogens is 1. The Morgan fingerprint density at radius 2 is 1.96 bits per heavy atom. The molecule has 4 nitrogen and oxygen atoms in total. The molecule has 1 amide bonds. The van der Waals surface area contributed by atoms with E-state index < -0.39 is 5.97 Å². The van der Waals surface area contributed by atoms with Gasteiger partial charge in [0.1, 0.15) is 0 Å². The summed E-state index contributed by atoms with van der Waals surface area (Å²) in [7, 11) is 0. The zero-order valence-corrected chi connectivity index (χ0v) is 15.7. The Morgan fingerprint density at radius 1 is 1.20 bits per heavy atom. The highest BCUT2D eigenvalue weighted by Gasteiger charge is 2.12. The van der Waals surface area contributed by atoms with Crippen LogP contribution >= 0.6 is 23.4 Å². The van der Waals surface area contributed by atoms with Crippen LogP contribution in [0.25, 0.3) is 0 Å². The fourth-order valence-electron chi connectivity index (χ4n) is 2.19. The molecule has 0 saturated carbocycles. The normalized spacial score (nSPS) is 10.4. The minimum Gasteiger partial charge on any atom is -0.462 e. The van der Waals surface area contributed by atoms with Gasteiger partial charge < -0.3 is 10.1 Å². The Morgan fingerprint density at radius 3 is 2.64 bits per heavy atom. The molecular weight excluding hydrogens is 358 g/mol. The SMILES string of the molecule is CCOC(=O)c1ccc(NC(=O)CSCc2ccccc2C)cc1Cl. The van der Waals surface area contributed by atoms with Crippen molar-refractivity contribution in [3.8, 4) is 0 Å². The third-order valence-electron chi connectivity index (χ3n) is 3.50. The first kappa shape index (κ1) is 19.3. The largest absolute Gasteiger partial charge is 0.462 e. The smallest absolute Gasteiger partial charge is 0.339 e. The number of thioether (sulfide) groups is 1. The van der Waals surface area contributed by atoms with Gasteiger partial charge in [-0.05, 0) is 43.2 Å². The summed E-state index contributed by atoms with van der Waals surface area (Å²) in [5.41, 5.74) is 3.29. The van der Waals surface area contributed by atoms with E-state index in [1.165, 1.54) is 11.1 Å². The van der Waals surface area contributed by atoms with Gasteiger partial charge in [-0.2, -0.15) is 0 Å². The van der Waals surface area contributed by atoms with Crippen LogP contribution in [-0.2, 0) is 15.3 Å². The molecule has 132 valence electrons. The van der Waals surface area contributed by atoms with Crippen molar-refractivity contribution in [1.82, 2.24) is 0 Å². The second-order valence-corrected chi connectivity index (χ2v) is 6.78. The van der Waals surface area contributed by atoms with Gasteiger partial charge in [0.15, 0.2) is 0 Å².